The number of ether oxygens (including phenoxy) is 1. The number of benzene rings is 2. The molecular weight excluding hydrogens is 428 g/mol. The Morgan fingerprint density at radius 1 is 1.23 bits per heavy atom. The number of nitrogens with one attached hydrogen (secondary N) is 1. The summed E-state index contributed by atoms with van der Waals surface area (Å²) in [6.07, 6.45) is 4.42. The van der Waals surface area contributed by atoms with Gasteiger partial charge in [-0.2, -0.15) is 5.10 Å². The molecule has 0 atom stereocenters. The molecule has 0 radical (unpaired) electrons. The second-order valence-electron chi connectivity index (χ2n) is 7.12. The lowest BCUT2D eigenvalue weighted by Crippen LogP contribution is -2.30. The number of aryl methyl sites for hydroxylation is 1. The van der Waals surface area contributed by atoms with Crippen LogP contribution in [0.3, 0.4) is 0 Å². The van der Waals surface area contributed by atoms with E-state index in [-0.39, 0.29) is 12.5 Å². The average Bonchev–Trinajstić information content (AvgIpc) is 3.52. The summed E-state index contributed by atoms with van der Waals surface area (Å²) in [5.41, 5.74) is 3.19. The molecule has 2 aromatic carbocycles. The molecule has 0 bridgehead atoms. The zero-order valence-corrected chi connectivity index (χ0v) is 18.5. The van der Waals surface area contributed by atoms with Gasteiger partial charge in [-0.1, -0.05) is 12.1 Å². The van der Waals surface area contributed by atoms with Gasteiger partial charge < -0.3 is 10.1 Å². The summed E-state index contributed by atoms with van der Waals surface area (Å²) in [5, 5.41) is 11.2. The molecule has 3 aromatic heterocycles. The fraction of sp³-hybridized carbons (Fsp3) is 0.174. The molecular formula is C23H20N4O2S2. The van der Waals surface area contributed by atoms with Crippen molar-refractivity contribution >= 4 is 48.9 Å². The summed E-state index contributed by atoms with van der Waals surface area (Å²) < 4.78 is 9.89. The van der Waals surface area contributed by atoms with E-state index in [1.165, 1.54) is 0 Å². The van der Waals surface area contributed by atoms with E-state index in [4.69, 9.17) is 4.74 Å². The van der Waals surface area contributed by atoms with E-state index in [1.807, 2.05) is 53.5 Å². The summed E-state index contributed by atoms with van der Waals surface area (Å²) in [4.78, 5) is 16.9. The van der Waals surface area contributed by atoms with Crippen molar-refractivity contribution < 1.29 is 9.53 Å². The van der Waals surface area contributed by atoms with Gasteiger partial charge in [-0.05, 0) is 48.6 Å². The Labute approximate surface area is 187 Å². The summed E-state index contributed by atoms with van der Waals surface area (Å²) in [6.45, 7) is 2.56. The summed E-state index contributed by atoms with van der Waals surface area (Å²) in [6, 6.07) is 14.1. The minimum Gasteiger partial charge on any atom is -0.483 e. The van der Waals surface area contributed by atoms with Crippen LogP contribution in [-0.2, 0) is 11.2 Å². The van der Waals surface area contributed by atoms with E-state index < -0.39 is 0 Å². The van der Waals surface area contributed by atoms with Crippen molar-refractivity contribution in [1.82, 2.24) is 20.1 Å². The average molecular weight is 449 g/mol. The highest BCUT2D eigenvalue weighted by molar-refractivity contribution is 7.21. The van der Waals surface area contributed by atoms with Crippen molar-refractivity contribution in [2.45, 2.75) is 13.3 Å². The van der Waals surface area contributed by atoms with Gasteiger partial charge in [0.1, 0.15) is 5.75 Å². The molecule has 5 aromatic rings. The number of amides is 1. The molecule has 0 aliphatic rings. The second kappa shape index (κ2) is 8.49. The van der Waals surface area contributed by atoms with Gasteiger partial charge >= 0.3 is 0 Å². The zero-order valence-electron chi connectivity index (χ0n) is 16.9. The van der Waals surface area contributed by atoms with Gasteiger partial charge in [0.25, 0.3) is 5.91 Å². The van der Waals surface area contributed by atoms with Gasteiger partial charge in [0.2, 0.25) is 0 Å². The molecule has 5 rings (SSSR count). The quantitative estimate of drug-likeness (QED) is 0.390. The van der Waals surface area contributed by atoms with Gasteiger partial charge in [-0.3, -0.25) is 4.79 Å². The number of carbonyl (C=O) groups is 1. The highest BCUT2D eigenvalue weighted by atomic mass is 32.1. The Morgan fingerprint density at radius 2 is 2.10 bits per heavy atom. The molecule has 0 saturated carbocycles. The molecule has 0 aliphatic heterocycles. The Kier molecular flexibility index (Phi) is 5.40. The number of thiazole rings is 1. The first-order valence-corrected chi connectivity index (χ1v) is 11.6. The molecule has 0 saturated heterocycles. The molecule has 8 heteroatoms. The van der Waals surface area contributed by atoms with Crippen molar-refractivity contribution in [2.75, 3.05) is 13.2 Å². The van der Waals surface area contributed by atoms with Gasteiger partial charge in [0, 0.05) is 30.4 Å². The Hall–Kier alpha value is -3.23. The zero-order chi connectivity index (χ0) is 21.2. The third kappa shape index (κ3) is 4.17. The number of fused-ring (bicyclic) bond motifs is 3. The van der Waals surface area contributed by atoms with Crippen LogP contribution in [0, 0.1) is 6.92 Å². The Morgan fingerprint density at radius 3 is 2.90 bits per heavy atom. The molecule has 0 spiro atoms. The van der Waals surface area contributed by atoms with E-state index >= 15 is 0 Å². The summed E-state index contributed by atoms with van der Waals surface area (Å²) >= 11 is 3.29. The van der Waals surface area contributed by atoms with Crippen LogP contribution in [0.4, 0.5) is 0 Å². The monoisotopic (exact) mass is 448 g/mol. The lowest BCUT2D eigenvalue weighted by atomic mass is 10.1. The number of carbonyl (C=O) groups excluding carboxylic acids is 1. The number of nitrogens with zero attached hydrogens (tertiary/aromatic N) is 3. The van der Waals surface area contributed by atoms with Crippen LogP contribution in [0.2, 0.25) is 0 Å². The Balaban J connectivity index is 1.16. The fourth-order valence-corrected chi connectivity index (χ4v) is 5.32. The maximum Gasteiger partial charge on any atom is 0.257 e. The molecule has 156 valence electrons. The maximum atomic E-state index is 12.3. The predicted octanol–water partition coefficient (Wildman–Crippen LogP) is 4.74. The van der Waals surface area contributed by atoms with Gasteiger partial charge in [0.05, 0.1) is 25.6 Å². The molecule has 1 amide bonds. The standard InChI is InChI=1S/C23H20N4O2S2/c1-15-26-22-20(31-15)13-19(18-8-12-30-23(18)22)29-14-21(28)24-10-7-16-3-5-17(6-4-16)27-11-2-9-25-27/h2-6,8-9,11-13H,7,10,14H2,1H3,(H,24,28). The van der Waals surface area contributed by atoms with Crippen molar-refractivity contribution in [1.29, 1.82) is 0 Å². The van der Waals surface area contributed by atoms with Crippen LogP contribution in [0.5, 0.6) is 5.75 Å². The minimum absolute atomic E-state index is 0.00746. The lowest BCUT2D eigenvalue weighted by molar-refractivity contribution is -0.123. The van der Waals surface area contributed by atoms with Crippen LogP contribution in [0.25, 0.3) is 26.0 Å². The van der Waals surface area contributed by atoms with Gasteiger partial charge in [-0.15, -0.1) is 22.7 Å². The molecule has 0 aliphatic carbocycles. The van der Waals surface area contributed by atoms with Crippen LogP contribution in [-0.4, -0.2) is 33.8 Å². The number of thiophene rings is 1. The third-order valence-corrected chi connectivity index (χ3v) is 6.81. The van der Waals surface area contributed by atoms with Gasteiger partial charge in [0.15, 0.2) is 6.61 Å². The van der Waals surface area contributed by atoms with Crippen LogP contribution in [0.1, 0.15) is 10.6 Å². The van der Waals surface area contributed by atoms with E-state index in [2.05, 4.69) is 27.5 Å². The highest BCUT2D eigenvalue weighted by Crippen LogP contribution is 2.38. The first kappa shape index (κ1) is 19.7. The van der Waals surface area contributed by atoms with Crippen molar-refractivity contribution in [3.05, 3.63) is 70.8 Å². The maximum absolute atomic E-state index is 12.3. The number of rotatable bonds is 7. The molecule has 0 fully saturated rings. The first-order chi connectivity index (χ1) is 15.2. The van der Waals surface area contributed by atoms with Crippen LogP contribution >= 0.6 is 22.7 Å². The largest absolute Gasteiger partial charge is 0.483 e. The predicted molar refractivity (Wildman–Crippen MR) is 126 cm³/mol. The molecule has 3 heterocycles. The van der Waals surface area contributed by atoms with E-state index in [1.54, 1.807) is 28.9 Å². The minimum atomic E-state index is -0.128. The molecule has 6 nitrogen and oxygen atoms in total. The van der Waals surface area contributed by atoms with E-state index in [9.17, 15) is 4.79 Å². The van der Waals surface area contributed by atoms with E-state index in [0.717, 1.165) is 48.7 Å². The normalized spacial score (nSPS) is 11.3. The molecule has 1 N–H and O–H groups in total. The van der Waals surface area contributed by atoms with Crippen molar-refractivity contribution in [3.63, 3.8) is 0 Å². The highest BCUT2D eigenvalue weighted by Gasteiger charge is 2.13. The van der Waals surface area contributed by atoms with Crippen LogP contribution in [0.15, 0.2) is 60.2 Å². The lowest BCUT2D eigenvalue weighted by Gasteiger charge is -2.09. The summed E-state index contributed by atoms with van der Waals surface area (Å²) in [7, 11) is 0. The number of aromatic nitrogens is 3. The van der Waals surface area contributed by atoms with Crippen molar-refractivity contribution in [3.8, 4) is 11.4 Å². The van der Waals surface area contributed by atoms with Crippen LogP contribution < -0.4 is 10.1 Å². The third-order valence-electron chi connectivity index (χ3n) is 4.97. The fourth-order valence-electron chi connectivity index (χ4n) is 3.48. The van der Waals surface area contributed by atoms with Crippen molar-refractivity contribution in [2.24, 2.45) is 0 Å². The first-order valence-electron chi connectivity index (χ1n) is 9.93. The van der Waals surface area contributed by atoms with Gasteiger partial charge in [-0.25, -0.2) is 9.67 Å². The Bertz CT molecular complexity index is 1340. The SMILES string of the molecule is Cc1nc2c(cc(OCC(=O)NCCc3ccc(-n4cccn4)cc3)c3ccsc32)s1. The topological polar surface area (TPSA) is 69.0 Å². The number of hydrogen-bond acceptors (Lipinski definition) is 6. The smallest absolute Gasteiger partial charge is 0.257 e. The second-order valence-corrected chi connectivity index (χ2v) is 9.27. The van der Waals surface area contributed by atoms with E-state index in [0.29, 0.717) is 6.54 Å². The molecule has 0 unspecified atom stereocenters. The number of hydrogen-bond donors (Lipinski definition) is 1. The molecule has 31 heavy (non-hydrogen) atoms. The summed E-state index contributed by atoms with van der Waals surface area (Å²) in [5.74, 6) is 0.605.